The van der Waals surface area contributed by atoms with Gasteiger partial charge in [-0.15, -0.1) is 0 Å². The number of ether oxygens (including phenoxy) is 1. The second-order valence-electron chi connectivity index (χ2n) is 4.75. The number of halogens is 2. The first-order chi connectivity index (χ1) is 8.49. The Morgan fingerprint density at radius 2 is 1.94 bits per heavy atom. The molecule has 0 aliphatic heterocycles. The molecule has 0 saturated heterocycles. The standard InChI is InChI=1S/C14H21F2NO/c1-10(2)17-8-4-5-11(3)18-14-7-6-12(15)9-13(14)16/h6-7,9-11,17H,4-5,8H2,1-3H3. The van der Waals surface area contributed by atoms with Crippen LogP contribution in [0.4, 0.5) is 8.78 Å². The van der Waals surface area contributed by atoms with E-state index in [1.54, 1.807) is 0 Å². The zero-order valence-electron chi connectivity index (χ0n) is 11.2. The molecule has 0 aliphatic carbocycles. The van der Waals surface area contributed by atoms with Crippen molar-refractivity contribution >= 4 is 0 Å². The highest BCUT2D eigenvalue weighted by atomic mass is 19.1. The average molecular weight is 257 g/mol. The summed E-state index contributed by atoms with van der Waals surface area (Å²) < 4.78 is 31.5. The van der Waals surface area contributed by atoms with Crippen LogP contribution in [0.1, 0.15) is 33.6 Å². The van der Waals surface area contributed by atoms with Gasteiger partial charge in [-0.1, -0.05) is 13.8 Å². The van der Waals surface area contributed by atoms with Crippen LogP contribution in [0.15, 0.2) is 18.2 Å². The Hall–Kier alpha value is -1.16. The van der Waals surface area contributed by atoms with Gasteiger partial charge in [0, 0.05) is 12.1 Å². The number of hydrogen-bond acceptors (Lipinski definition) is 2. The Bertz CT molecular complexity index is 369. The van der Waals surface area contributed by atoms with Gasteiger partial charge in [-0.2, -0.15) is 0 Å². The third-order valence-corrected chi connectivity index (χ3v) is 2.56. The van der Waals surface area contributed by atoms with Crippen LogP contribution in [0, 0.1) is 11.6 Å². The van der Waals surface area contributed by atoms with Crippen molar-refractivity contribution < 1.29 is 13.5 Å². The van der Waals surface area contributed by atoms with Crippen LogP contribution in [0.2, 0.25) is 0 Å². The van der Waals surface area contributed by atoms with Crippen molar-refractivity contribution in [3.05, 3.63) is 29.8 Å². The summed E-state index contributed by atoms with van der Waals surface area (Å²) in [5.41, 5.74) is 0. The molecule has 0 saturated carbocycles. The van der Waals surface area contributed by atoms with Crippen molar-refractivity contribution in [3.63, 3.8) is 0 Å². The summed E-state index contributed by atoms with van der Waals surface area (Å²) in [5.74, 6) is -1.13. The summed E-state index contributed by atoms with van der Waals surface area (Å²) in [4.78, 5) is 0. The third kappa shape index (κ3) is 5.45. The van der Waals surface area contributed by atoms with Gasteiger partial charge in [0.2, 0.25) is 0 Å². The van der Waals surface area contributed by atoms with E-state index in [0.29, 0.717) is 6.04 Å². The second-order valence-corrected chi connectivity index (χ2v) is 4.75. The van der Waals surface area contributed by atoms with Gasteiger partial charge in [0.15, 0.2) is 11.6 Å². The SMILES string of the molecule is CC(C)NCCCC(C)Oc1ccc(F)cc1F. The molecule has 0 heterocycles. The van der Waals surface area contributed by atoms with Crippen LogP contribution in [-0.2, 0) is 0 Å². The Morgan fingerprint density at radius 3 is 2.56 bits per heavy atom. The van der Waals surface area contributed by atoms with Crippen molar-refractivity contribution in [2.24, 2.45) is 0 Å². The van der Waals surface area contributed by atoms with E-state index >= 15 is 0 Å². The van der Waals surface area contributed by atoms with Gasteiger partial charge < -0.3 is 10.1 Å². The lowest BCUT2D eigenvalue weighted by atomic mass is 10.2. The lowest BCUT2D eigenvalue weighted by Gasteiger charge is -2.16. The van der Waals surface area contributed by atoms with Crippen molar-refractivity contribution in [1.29, 1.82) is 0 Å². The van der Waals surface area contributed by atoms with E-state index in [1.807, 2.05) is 6.92 Å². The van der Waals surface area contributed by atoms with Gasteiger partial charge in [-0.25, -0.2) is 8.78 Å². The summed E-state index contributed by atoms with van der Waals surface area (Å²) in [6, 6.07) is 3.83. The highest BCUT2D eigenvalue weighted by molar-refractivity contribution is 5.24. The molecule has 0 amide bonds. The minimum atomic E-state index is -0.651. The molecule has 0 radical (unpaired) electrons. The quantitative estimate of drug-likeness (QED) is 0.755. The molecular formula is C14H21F2NO. The van der Waals surface area contributed by atoms with Crippen molar-refractivity contribution in [2.75, 3.05) is 6.54 Å². The number of hydrogen-bond donors (Lipinski definition) is 1. The Balaban J connectivity index is 2.33. The third-order valence-electron chi connectivity index (χ3n) is 2.56. The van der Waals surface area contributed by atoms with Crippen LogP contribution in [0.5, 0.6) is 5.75 Å². The van der Waals surface area contributed by atoms with Gasteiger partial charge >= 0.3 is 0 Å². The number of nitrogens with one attached hydrogen (secondary N) is 1. The van der Waals surface area contributed by atoms with Crippen molar-refractivity contribution in [3.8, 4) is 5.75 Å². The summed E-state index contributed by atoms with van der Waals surface area (Å²) in [6.07, 6.45) is 1.71. The van der Waals surface area contributed by atoms with Gasteiger partial charge in [0.05, 0.1) is 6.10 Å². The second kappa shape index (κ2) is 7.31. The molecule has 0 spiro atoms. The Morgan fingerprint density at radius 1 is 1.22 bits per heavy atom. The average Bonchev–Trinajstić information content (AvgIpc) is 2.28. The minimum Gasteiger partial charge on any atom is -0.488 e. The molecule has 4 heteroatoms. The van der Waals surface area contributed by atoms with Gasteiger partial charge in [0.25, 0.3) is 0 Å². The maximum atomic E-state index is 13.3. The molecule has 1 unspecified atom stereocenters. The molecule has 2 nitrogen and oxygen atoms in total. The molecule has 18 heavy (non-hydrogen) atoms. The molecule has 0 aliphatic rings. The van der Waals surface area contributed by atoms with Gasteiger partial charge in [-0.05, 0) is 38.4 Å². The lowest BCUT2D eigenvalue weighted by molar-refractivity contribution is 0.198. The highest BCUT2D eigenvalue weighted by Crippen LogP contribution is 2.19. The molecule has 0 bridgehead atoms. The maximum Gasteiger partial charge on any atom is 0.167 e. The van der Waals surface area contributed by atoms with E-state index < -0.39 is 11.6 Å². The Kier molecular flexibility index (Phi) is 6.05. The van der Waals surface area contributed by atoms with E-state index in [2.05, 4.69) is 19.2 Å². The fraction of sp³-hybridized carbons (Fsp3) is 0.571. The fourth-order valence-corrected chi connectivity index (χ4v) is 1.63. The molecule has 1 N–H and O–H groups in total. The number of benzene rings is 1. The zero-order chi connectivity index (χ0) is 13.5. The van der Waals surface area contributed by atoms with Gasteiger partial charge in [0.1, 0.15) is 5.82 Å². The zero-order valence-corrected chi connectivity index (χ0v) is 11.2. The first kappa shape index (κ1) is 14.9. The van der Waals surface area contributed by atoms with Crippen LogP contribution in [0.25, 0.3) is 0 Å². The number of rotatable bonds is 7. The lowest BCUT2D eigenvalue weighted by Crippen LogP contribution is -2.25. The van der Waals surface area contributed by atoms with E-state index in [1.165, 1.54) is 12.1 Å². The largest absolute Gasteiger partial charge is 0.488 e. The topological polar surface area (TPSA) is 21.3 Å². The minimum absolute atomic E-state index is 0.0843. The Labute approximate surface area is 107 Å². The molecule has 102 valence electrons. The molecule has 0 fully saturated rings. The monoisotopic (exact) mass is 257 g/mol. The van der Waals surface area contributed by atoms with Crippen LogP contribution >= 0.6 is 0 Å². The molecular weight excluding hydrogens is 236 g/mol. The molecule has 1 aromatic carbocycles. The van der Waals surface area contributed by atoms with E-state index in [-0.39, 0.29) is 11.9 Å². The van der Waals surface area contributed by atoms with Crippen LogP contribution in [-0.4, -0.2) is 18.7 Å². The van der Waals surface area contributed by atoms with Crippen LogP contribution in [0.3, 0.4) is 0 Å². The summed E-state index contributed by atoms with van der Waals surface area (Å²) in [7, 11) is 0. The predicted molar refractivity (Wildman–Crippen MR) is 68.8 cm³/mol. The van der Waals surface area contributed by atoms with Crippen molar-refractivity contribution in [2.45, 2.75) is 45.8 Å². The fourth-order valence-electron chi connectivity index (χ4n) is 1.63. The normalized spacial score (nSPS) is 12.8. The smallest absolute Gasteiger partial charge is 0.167 e. The van der Waals surface area contributed by atoms with E-state index in [9.17, 15) is 8.78 Å². The first-order valence-corrected chi connectivity index (χ1v) is 6.34. The van der Waals surface area contributed by atoms with E-state index in [0.717, 1.165) is 25.5 Å². The highest BCUT2D eigenvalue weighted by Gasteiger charge is 2.09. The molecule has 1 atom stereocenters. The summed E-state index contributed by atoms with van der Waals surface area (Å²) >= 11 is 0. The predicted octanol–water partition coefficient (Wildman–Crippen LogP) is 3.51. The molecule has 1 aromatic rings. The molecule has 0 aromatic heterocycles. The maximum absolute atomic E-state index is 13.3. The summed E-state index contributed by atoms with van der Waals surface area (Å²) in [6.45, 7) is 6.98. The van der Waals surface area contributed by atoms with Gasteiger partial charge in [-0.3, -0.25) is 0 Å². The van der Waals surface area contributed by atoms with E-state index in [4.69, 9.17) is 4.74 Å². The van der Waals surface area contributed by atoms with Crippen LogP contribution < -0.4 is 10.1 Å². The first-order valence-electron chi connectivity index (χ1n) is 6.34. The summed E-state index contributed by atoms with van der Waals surface area (Å²) in [5, 5.41) is 3.30. The molecule has 1 rings (SSSR count). The van der Waals surface area contributed by atoms with Crippen molar-refractivity contribution in [1.82, 2.24) is 5.32 Å².